The molecule has 0 spiro atoms. The average molecular weight is 378 g/mol. The smallest absolute Gasteiger partial charge is 0.264 e. The third kappa shape index (κ3) is 3.30. The van der Waals surface area contributed by atoms with Crippen LogP contribution in [0.25, 0.3) is 0 Å². The van der Waals surface area contributed by atoms with Crippen molar-refractivity contribution in [2.75, 3.05) is 10.5 Å². The van der Waals surface area contributed by atoms with Crippen LogP contribution in [0.3, 0.4) is 0 Å². The number of aryl methyl sites for hydroxylation is 1. The monoisotopic (exact) mass is 377 g/mol. The normalized spacial score (nSPS) is 11.4. The summed E-state index contributed by atoms with van der Waals surface area (Å²) in [6.45, 7) is 1.71. The summed E-state index contributed by atoms with van der Waals surface area (Å²) in [6, 6.07) is 2.67. The fraction of sp³-hybridized carbons (Fsp3) is 0.0833. The van der Waals surface area contributed by atoms with Gasteiger partial charge in [-0.05, 0) is 40.5 Å². The van der Waals surface area contributed by atoms with Crippen LogP contribution in [0.1, 0.15) is 5.56 Å². The molecule has 2 aromatic rings. The van der Waals surface area contributed by atoms with Crippen LogP contribution in [0, 0.1) is 18.6 Å². The summed E-state index contributed by atoms with van der Waals surface area (Å²) in [4.78, 5) is 3.19. The lowest BCUT2D eigenvalue weighted by Crippen LogP contribution is -2.15. The van der Waals surface area contributed by atoms with Gasteiger partial charge in [0.05, 0.1) is 17.6 Å². The number of aromatic nitrogens is 1. The zero-order valence-electron chi connectivity index (χ0n) is 10.7. The molecule has 0 saturated carbocycles. The molecule has 0 aliphatic rings. The summed E-state index contributed by atoms with van der Waals surface area (Å²) in [5.74, 6) is -2.25. The molecule has 0 atom stereocenters. The van der Waals surface area contributed by atoms with Gasteiger partial charge < -0.3 is 5.73 Å². The zero-order chi connectivity index (χ0) is 15.8. The summed E-state index contributed by atoms with van der Waals surface area (Å²) in [5.41, 5.74) is 5.65. The van der Waals surface area contributed by atoms with Crippen LogP contribution in [0.5, 0.6) is 0 Å². The molecule has 0 radical (unpaired) electrons. The fourth-order valence-electron chi connectivity index (χ4n) is 1.57. The summed E-state index contributed by atoms with van der Waals surface area (Å²) in [7, 11) is -4.24. The van der Waals surface area contributed by atoms with Gasteiger partial charge in [0.25, 0.3) is 10.0 Å². The molecule has 0 fully saturated rings. The lowest BCUT2D eigenvalue weighted by Gasteiger charge is -2.10. The highest BCUT2D eigenvalue weighted by molar-refractivity contribution is 9.10. The van der Waals surface area contributed by atoms with Crippen molar-refractivity contribution >= 4 is 37.3 Å². The summed E-state index contributed by atoms with van der Waals surface area (Å²) in [6.07, 6.45) is 1.26. The Hall–Kier alpha value is -1.74. The maximum Gasteiger partial charge on any atom is 0.264 e. The number of benzene rings is 1. The van der Waals surface area contributed by atoms with Crippen molar-refractivity contribution in [3.05, 3.63) is 46.2 Å². The zero-order valence-corrected chi connectivity index (χ0v) is 13.1. The van der Waals surface area contributed by atoms with Crippen LogP contribution in [0.15, 0.2) is 33.9 Å². The van der Waals surface area contributed by atoms with Crippen molar-refractivity contribution in [1.82, 2.24) is 4.98 Å². The highest BCUT2D eigenvalue weighted by atomic mass is 79.9. The lowest BCUT2D eigenvalue weighted by molar-refractivity contribution is 0.553. The number of pyridine rings is 1. The Morgan fingerprint density at radius 2 is 1.90 bits per heavy atom. The molecule has 21 heavy (non-hydrogen) atoms. The molecule has 0 unspecified atom stereocenters. The first-order valence-electron chi connectivity index (χ1n) is 5.60. The minimum atomic E-state index is -4.24. The number of nitrogen functional groups attached to an aromatic ring is 1. The number of hydrogen-bond donors (Lipinski definition) is 2. The molecule has 5 nitrogen and oxygen atoms in total. The molecule has 3 N–H and O–H groups in total. The molecule has 2 rings (SSSR count). The number of nitrogens with one attached hydrogen (secondary N) is 1. The van der Waals surface area contributed by atoms with Gasteiger partial charge in [-0.15, -0.1) is 0 Å². The second-order valence-electron chi connectivity index (χ2n) is 4.24. The molecule has 0 bridgehead atoms. The van der Waals surface area contributed by atoms with E-state index in [2.05, 4.69) is 25.6 Å². The molecule has 9 heteroatoms. The highest BCUT2D eigenvalue weighted by Crippen LogP contribution is 2.24. The van der Waals surface area contributed by atoms with Crippen LogP contribution in [-0.2, 0) is 10.0 Å². The van der Waals surface area contributed by atoms with Crippen LogP contribution in [-0.4, -0.2) is 13.4 Å². The summed E-state index contributed by atoms with van der Waals surface area (Å²) >= 11 is 3.18. The van der Waals surface area contributed by atoms with E-state index in [1.54, 1.807) is 6.92 Å². The maximum atomic E-state index is 13.6. The average Bonchev–Trinajstić information content (AvgIpc) is 2.37. The molecule has 1 aromatic heterocycles. The number of hydrogen-bond acceptors (Lipinski definition) is 4. The van der Waals surface area contributed by atoms with Crippen LogP contribution in [0.2, 0.25) is 0 Å². The number of halogens is 3. The van der Waals surface area contributed by atoms with E-state index in [9.17, 15) is 17.2 Å². The predicted octanol–water partition coefficient (Wildman–Crippen LogP) is 2.81. The Labute approximate surface area is 128 Å². The topological polar surface area (TPSA) is 85.1 Å². The third-order valence-electron chi connectivity index (χ3n) is 2.61. The standard InChI is InChI=1S/C12H10BrF2N3O2S/c1-6-2-7(5-17-12(6)13)18-21(19,20)11-4-10(16)8(14)3-9(11)15/h2-5,18H,16H2,1H3. The summed E-state index contributed by atoms with van der Waals surface area (Å²) < 4.78 is 53.7. The van der Waals surface area contributed by atoms with Gasteiger partial charge in [0.15, 0.2) is 0 Å². The minimum absolute atomic E-state index is 0.151. The Kier molecular flexibility index (Phi) is 4.15. The molecule has 0 aliphatic heterocycles. The Balaban J connectivity index is 2.43. The van der Waals surface area contributed by atoms with Gasteiger partial charge >= 0.3 is 0 Å². The van der Waals surface area contributed by atoms with Gasteiger partial charge in [0.1, 0.15) is 21.1 Å². The number of nitrogens with zero attached hydrogens (tertiary/aromatic N) is 1. The van der Waals surface area contributed by atoms with Gasteiger partial charge in [-0.3, -0.25) is 4.72 Å². The Morgan fingerprint density at radius 1 is 1.24 bits per heavy atom. The molecule has 112 valence electrons. The second-order valence-corrected chi connectivity index (χ2v) is 6.64. The quantitative estimate of drug-likeness (QED) is 0.636. The van der Waals surface area contributed by atoms with Gasteiger partial charge in [-0.25, -0.2) is 22.2 Å². The SMILES string of the molecule is Cc1cc(NS(=O)(=O)c2cc(N)c(F)cc2F)cnc1Br. The van der Waals surface area contributed by atoms with Crippen LogP contribution >= 0.6 is 15.9 Å². The predicted molar refractivity (Wildman–Crippen MR) is 78.3 cm³/mol. The van der Waals surface area contributed by atoms with Crippen molar-refractivity contribution < 1.29 is 17.2 Å². The number of rotatable bonds is 3. The van der Waals surface area contributed by atoms with Crippen molar-refractivity contribution in [3.63, 3.8) is 0 Å². The molecule has 1 aromatic carbocycles. The van der Waals surface area contributed by atoms with Gasteiger partial charge in [-0.2, -0.15) is 0 Å². The van der Waals surface area contributed by atoms with Crippen molar-refractivity contribution in [2.24, 2.45) is 0 Å². The second kappa shape index (κ2) is 5.57. The first kappa shape index (κ1) is 15.6. The van der Waals surface area contributed by atoms with Gasteiger partial charge in [0, 0.05) is 6.07 Å². The molecular formula is C12H10BrF2N3O2S. The third-order valence-corrected chi connectivity index (χ3v) is 4.83. The van der Waals surface area contributed by atoms with Crippen LogP contribution in [0.4, 0.5) is 20.2 Å². The van der Waals surface area contributed by atoms with E-state index >= 15 is 0 Å². The van der Waals surface area contributed by atoms with E-state index < -0.39 is 32.2 Å². The van der Waals surface area contributed by atoms with E-state index in [0.717, 1.165) is 6.07 Å². The molecule has 1 heterocycles. The molecule has 0 aliphatic carbocycles. The molecule has 0 saturated heterocycles. The number of sulfonamides is 1. The highest BCUT2D eigenvalue weighted by Gasteiger charge is 2.21. The van der Waals surface area contributed by atoms with Crippen molar-refractivity contribution in [3.8, 4) is 0 Å². The molecule has 0 amide bonds. The Morgan fingerprint density at radius 3 is 2.52 bits per heavy atom. The Bertz CT molecular complexity index is 812. The van der Waals surface area contributed by atoms with Crippen LogP contribution < -0.4 is 10.5 Å². The van der Waals surface area contributed by atoms with E-state index in [1.807, 2.05) is 0 Å². The maximum absolute atomic E-state index is 13.6. The number of anilines is 2. The van der Waals surface area contributed by atoms with Gasteiger partial charge in [-0.1, -0.05) is 0 Å². The van der Waals surface area contributed by atoms with E-state index in [-0.39, 0.29) is 5.69 Å². The van der Waals surface area contributed by atoms with E-state index in [1.165, 1.54) is 12.3 Å². The number of nitrogens with two attached hydrogens (primary N) is 1. The largest absolute Gasteiger partial charge is 0.396 e. The van der Waals surface area contributed by atoms with E-state index in [0.29, 0.717) is 16.2 Å². The fourth-order valence-corrected chi connectivity index (χ4v) is 2.92. The first-order chi connectivity index (χ1) is 9.70. The first-order valence-corrected chi connectivity index (χ1v) is 7.88. The van der Waals surface area contributed by atoms with Gasteiger partial charge in [0.2, 0.25) is 0 Å². The minimum Gasteiger partial charge on any atom is -0.396 e. The molecular weight excluding hydrogens is 368 g/mol. The van der Waals surface area contributed by atoms with Crippen molar-refractivity contribution in [1.29, 1.82) is 0 Å². The van der Waals surface area contributed by atoms with Crippen molar-refractivity contribution in [2.45, 2.75) is 11.8 Å². The lowest BCUT2D eigenvalue weighted by atomic mass is 10.3. The van der Waals surface area contributed by atoms with E-state index in [4.69, 9.17) is 5.73 Å². The summed E-state index contributed by atoms with van der Waals surface area (Å²) in [5, 5.41) is 0.